The highest BCUT2D eigenvalue weighted by molar-refractivity contribution is 8.01. The molecule has 1 atom stereocenters. The second kappa shape index (κ2) is 7.04. The third-order valence-electron chi connectivity index (χ3n) is 3.03. The molecule has 3 heteroatoms. The Morgan fingerprint density at radius 2 is 1.89 bits per heavy atom. The Kier molecular flexibility index (Phi) is 5.99. The molecule has 0 spiro atoms. The quantitative estimate of drug-likeness (QED) is 0.544. The van der Waals surface area contributed by atoms with Gasteiger partial charge in [0.2, 0.25) is 0 Å². The number of hydrogen-bond acceptors (Lipinski definition) is 2. The van der Waals surface area contributed by atoms with Crippen molar-refractivity contribution in [2.45, 2.75) is 37.2 Å². The Bertz CT molecular complexity index is 453. The average Bonchev–Trinajstić information content (AvgIpc) is 2.37. The van der Waals surface area contributed by atoms with Crippen LogP contribution in [0.15, 0.2) is 42.1 Å². The van der Waals surface area contributed by atoms with Crippen LogP contribution in [0.3, 0.4) is 0 Å². The molecular formula is C16H24OSSi. The zero-order valence-electron chi connectivity index (χ0n) is 12.6. The van der Waals surface area contributed by atoms with Gasteiger partial charge in [-0.05, 0) is 30.2 Å². The Morgan fingerprint density at radius 1 is 1.32 bits per heavy atom. The Balaban J connectivity index is 2.73. The molecule has 1 nitrogen and oxygen atoms in total. The van der Waals surface area contributed by atoms with Crippen molar-refractivity contribution in [1.82, 2.24) is 0 Å². The van der Waals surface area contributed by atoms with Crippen LogP contribution in [-0.2, 0) is 5.75 Å². The second-order valence-electron chi connectivity index (χ2n) is 5.76. The van der Waals surface area contributed by atoms with Gasteiger partial charge in [0.15, 0.2) is 0 Å². The molecule has 0 saturated heterocycles. The van der Waals surface area contributed by atoms with Gasteiger partial charge >= 0.3 is 0 Å². The summed E-state index contributed by atoms with van der Waals surface area (Å²) in [5.74, 6) is 1.94. The third kappa shape index (κ3) is 4.94. The first kappa shape index (κ1) is 16.2. The van der Waals surface area contributed by atoms with Gasteiger partial charge in [-0.3, -0.25) is 0 Å². The molecule has 1 unspecified atom stereocenters. The summed E-state index contributed by atoms with van der Waals surface area (Å²) in [4.78, 5) is 0.576. The van der Waals surface area contributed by atoms with Crippen LogP contribution in [0.5, 0.6) is 5.75 Å². The van der Waals surface area contributed by atoms with Crippen molar-refractivity contribution in [1.29, 1.82) is 0 Å². The van der Waals surface area contributed by atoms with Crippen molar-refractivity contribution in [3.63, 3.8) is 0 Å². The van der Waals surface area contributed by atoms with Gasteiger partial charge in [0.25, 0.3) is 0 Å². The molecule has 1 aromatic rings. The zero-order chi connectivity index (χ0) is 14.5. The van der Waals surface area contributed by atoms with E-state index in [1.54, 1.807) is 7.11 Å². The van der Waals surface area contributed by atoms with Gasteiger partial charge in [-0.1, -0.05) is 38.4 Å². The van der Waals surface area contributed by atoms with E-state index in [0.29, 0.717) is 4.87 Å². The summed E-state index contributed by atoms with van der Waals surface area (Å²) in [6.07, 6.45) is 0. The molecule has 104 valence electrons. The monoisotopic (exact) mass is 292 g/mol. The maximum absolute atomic E-state index is 5.18. The molecule has 0 N–H and O–H groups in total. The Morgan fingerprint density at radius 3 is 2.32 bits per heavy atom. The van der Waals surface area contributed by atoms with Crippen LogP contribution in [0, 0.1) is 0 Å². The number of methoxy groups -OCH3 is 1. The van der Waals surface area contributed by atoms with E-state index in [1.165, 1.54) is 11.1 Å². The highest BCUT2D eigenvalue weighted by atomic mass is 32.2. The minimum absolute atomic E-state index is 0.576. The van der Waals surface area contributed by atoms with Crippen molar-refractivity contribution in [3.8, 4) is 5.75 Å². The Hall–Kier alpha value is -0.893. The molecule has 19 heavy (non-hydrogen) atoms. The first-order valence-electron chi connectivity index (χ1n) is 6.49. The minimum atomic E-state index is -1.24. The van der Waals surface area contributed by atoms with E-state index < -0.39 is 8.07 Å². The summed E-state index contributed by atoms with van der Waals surface area (Å²) in [6.45, 7) is 13.2. The van der Waals surface area contributed by atoms with Gasteiger partial charge < -0.3 is 4.74 Å². The first-order valence-corrected chi connectivity index (χ1v) is 11.1. The smallest absolute Gasteiger partial charge is 0.118 e. The molecule has 0 fully saturated rings. The van der Waals surface area contributed by atoms with Crippen molar-refractivity contribution < 1.29 is 4.74 Å². The van der Waals surface area contributed by atoms with Crippen molar-refractivity contribution in [2.24, 2.45) is 0 Å². The van der Waals surface area contributed by atoms with Crippen LogP contribution in [0.2, 0.25) is 19.6 Å². The standard InChI is InChI=1S/C16H24OSSi/c1-7-13(2)16(19(4,5)6)18-12-14-8-10-15(17-3)11-9-14/h8-11,16H,1,12H2,2-6H3. The van der Waals surface area contributed by atoms with E-state index in [4.69, 9.17) is 4.74 Å². The predicted octanol–water partition coefficient (Wildman–Crippen LogP) is 4.91. The fourth-order valence-electron chi connectivity index (χ4n) is 2.02. The van der Waals surface area contributed by atoms with Crippen molar-refractivity contribution >= 4 is 19.8 Å². The van der Waals surface area contributed by atoms with Gasteiger partial charge in [-0.15, -0.1) is 5.73 Å². The molecule has 0 aliphatic heterocycles. The number of ether oxygens (including phenoxy) is 1. The average molecular weight is 293 g/mol. The molecule has 0 amide bonds. The lowest BCUT2D eigenvalue weighted by molar-refractivity contribution is 0.414. The molecule has 0 radical (unpaired) electrons. The van der Waals surface area contributed by atoms with Crippen LogP contribution < -0.4 is 4.74 Å². The van der Waals surface area contributed by atoms with E-state index in [0.717, 1.165) is 11.5 Å². The van der Waals surface area contributed by atoms with Gasteiger partial charge in [0.05, 0.1) is 15.2 Å². The van der Waals surface area contributed by atoms with Crippen molar-refractivity contribution in [3.05, 3.63) is 47.7 Å². The molecule has 1 rings (SSSR count). The summed E-state index contributed by atoms with van der Waals surface area (Å²) in [5, 5.41) is 0. The van der Waals surface area contributed by atoms with Crippen LogP contribution >= 0.6 is 11.8 Å². The fourth-order valence-corrected chi connectivity index (χ4v) is 6.55. The third-order valence-corrected chi connectivity index (χ3v) is 8.85. The van der Waals surface area contributed by atoms with E-state index in [1.807, 2.05) is 23.9 Å². The van der Waals surface area contributed by atoms with Gasteiger partial charge in [-0.25, -0.2) is 0 Å². The van der Waals surface area contributed by atoms with Gasteiger partial charge in [0.1, 0.15) is 5.75 Å². The maximum atomic E-state index is 5.18. The van der Waals surface area contributed by atoms with E-state index >= 15 is 0 Å². The maximum Gasteiger partial charge on any atom is 0.118 e. The van der Waals surface area contributed by atoms with Crippen LogP contribution in [0.4, 0.5) is 0 Å². The molecule has 0 saturated carbocycles. The fraction of sp³-hybridized carbons (Fsp3) is 0.438. The topological polar surface area (TPSA) is 9.23 Å². The first-order chi connectivity index (χ1) is 8.88. The highest BCUT2D eigenvalue weighted by Gasteiger charge is 2.28. The molecule has 0 bridgehead atoms. The summed E-state index contributed by atoms with van der Waals surface area (Å²) in [7, 11) is 0.454. The van der Waals surface area contributed by atoms with Gasteiger partial charge in [0, 0.05) is 10.6 Å². The molecule has 0 aromatic heterocycles. The molecular weight excluding hydrogens is 268 g/mol. The molecule has 0 heterocycles. The normalized spacial score (nSPS) is 12.7. The van der Waals surface area contributed by atoms with Crippen LogP contribution in [-0.4, -0.2) is 20.1 Å². The Labute approximate surface area is 122 Å². The van der Waals surface area contributed by atoms with Crippen LogP contribution in [0.25, 0.3) is 0 Å². The largest absolute Gasteiger partial charge is 0.497 e. The molecule has 0 aliphatic carbocycles. The van der Waals surface area contributed by atoms with E-state index in [2.05, 4.69) is 51.0 Å². The minimum Gasteiger partial charge on any atom is -0.497 e. The predicted molar refractivity (Wildman–Crippen MR) is 89.8 cm³/mol. The molecule has 0 aliphatic rings. The van der Waals surface area contributed by atoms with E-state index in [9.17, 15) is 0 Å². The molecule has 1 aromatic carbocycles. The zero-order valence-corrected chi connectivity index (χ0v) is 14.4. The van der Waals surface area contributed by atoms with Crippen molar-refractivity contribution in [2.75, 3.05) is 7.11 Å². The lowest BCUT2D eigenvalue weighted by Crippen LogP contribution is -2.36. The van der Waals surface area contributed by atoms with Gasteiger partial charge in [-0.2, -0.15) is 11.8 Å². The number of benzene rings is 1. The lowest BCUT2D eigenvalue weighted by Gasteiger charge is -2.28. The number of rotatable bonds is 6. The van der Waals surface area contributed by atoms with E-state index in [-0.39, 0.29) is 0 Å². The second-order valence-corrected chi connectivity index (χ2v) is 12.6. The summed E-state index contributed by atoms with van der Waals surface area (Å²) < 4.78 is 5.18. The lowest BCUT2D eigenvalue weighted by atomic mass is 10.2. The SMILES string of the molecule is C=C=C(C)C(SCc1ccc(OC)cc1)[Si](C)(C)C. The highest BCUT2D eigenvalue weighted by Crippen LogP contribution is 2.31. The number of hydrogen-bond donors (Lipinski definition) is 0. The number of thioether (sulfide) groups is 1. The van der Waals surface area contributed by atoms with Crippen LogP contribution in [0.1, 0.15) is 12.5 Å². The summed E-state index contributed by atoms with van der Waals surface area (Å²) in [5.41, 5.74) is 5.71. The summed E-state index contributed by atoms with van der Waals surface area (Å²) in [6, 6.07) is 8.32. The summed E-state index contributed by atoms with van der Waals surface area (Å²) >= 11 is 2.01.